The van der Waals surface area contributed by atoms with Gasteiger partial charge in [0.05, 0.1) is 7.11 Å². The van der Waals surface area contributed by atoms with E-state index in [0.29, 0.717) is 24.5 Å². The second-order valence-electron chi connectivity index (χ2n) is 6.22. The molecule has 0 radical (unpaired) electrons. The van der Waals surface area contributed by atoms with Crippen LogP contribution in [0.4, 0.5) is 0 Å². The van der Waals surface area contributed by atoms with Crippen LogP contribution in [0.3, 0.4) is 0 Å². The number of aryl methyl sites for hydroxylation is 2. The molecular weight excluding hydrogens is 326 g/mol. The fourth-order valence-electron chi connectivity index (χ4n) is 2.87. The first-order chi connectivity index (χ1) is 12.6. The molecule has 1 unspecified atom stereocenters. The van der Waals surface area contributed by atoms with E-state index in [0.717, 1.165) is 12.8 Å². The van der Waals surface area contributed by atoms with Crippen LogP contribution in [0.5, 0.6) is 11.5 Å². The third kappa shape index (κ3) is 5.25. The van der Waals surface area contributed by atoms with Crippen LogP contribution in [0.1, 0.15) is 43.9 Å². The zero-order valence-electron chi connectivity index (χ0n) is 16.2. The quantitative estimate of drug-likeness (QED) is 0.730. The Kier molecular flexibility index (Phi) is 7.52. The first-order valence-corrected chi connectivity index (χ1v) is 9.30. The number of hydrogen-bond donors (Lipinski definition) is 1. The van der Waals surface area contributed by atoms with Gasteiger partial charge in [0.2, 0.25) is 0 Å². The van der Waals surface area contributed by atoms with Crippen LogP contribution in [0.2, 0.25) is 0 Å². The summed E-state index contributed by atoms with van der Waals surface area (Å²) in [5.74, 6) is 1.24. The van der Waals surface area contributed by atoms with E-state index in [9.17, 15) is 4.79 Å². The lowest BCUT2D eigenvalue weighted by atomic mass is 10.0. The number of nitrogens with one attached hydrogen (secondary N) is 1. The fraction of sp³-hybridized carbons (Fsp3) is 0.409. The third-order valence-electron chi connectivity index (χ3n) is 4.50. The van der Waals surface area contributed by atoms with Gasteiger partial charge in [0, 0.05) is 12.6 Å². The second kappa shape index (κ2) is 9.85. The maximum absolute atomic E-state index is 12.6. The first kappa shape index (κ1) is 19.8. The minimum absolute atomic E-state index is 0.0979. The topological polar surface area (TPSA) is 47.6 Å². The molecule has 1 amide bonds. The van der Waals surface area contributed by atoms with Crippen molar-refractivity contribution in [3.8, 4) is 11.5 Å². The summed E-state index contributed by atoms with van der Waals surface area (Å²) in [4.78, 5) is 12.6. The number of rotatable bonds is 9. The Bertz CT molecular complexity index is 727. The van der Waals surface area contributed by atoms with E-state index in [1.54, 1.807) is 13.2 Å². The number of hydrogen-bond acceptors (Lipinski definition) is 3. The summed E-state index contributed by atoms with van der Waals surface area (Å²) >= 11 is 0. The Morgan fingerprint density at radius 3 is 2.42 bits per heavy atom. The van der Waals surface area contributed by atoms with Gasteiger partial charge >= 0.3 is 0 Å². The Hall–Kier alpha value is -2.49. The number of amides is 1. The molecule has 4 nitrogen and oxygen atoms in total. The van der Waals surface area contributed by atoms with E-state index >= 15 is 0 Å². The van der Waals surface area contributed by atoms with Gasteiger partial charge in [-0.3, -0.25) is 4.79 Å². The Morgan fingerprint density at radius 1 is 1.00 bits per heavy atom. The molecule has 4 heteroatoms. The summed E-state index contributed by atoms with van der Waals surface area (Å²) in [5.41, 5.74) is 3.73. The zero-order valence-corrected chi connectivity index (χ0v) is 16.2. The van der Waals surface area contributed by atoms with Gasteiger partial charge in [0.15, 0.2) is 6.10 Å². The van der Waals surface area contributed by atoms with Crippen molar-refractivity contribution in [2.24, 2.45) is 0 Å². The number of methoxy groups -OCH3 is 1. The molecule has 2 rings (SSSR count). The third-order valence-corrected chi connectivity index (χ3v) is 4.50. The Balaban J connectivity index is 2.03. The molecule has 0 aliphatic rings. The lowest BCUT2D eigenvalue weighted by Crippen LogP contribution is -2.37. The van der Waals surface area contributed by atoms with Gasteiger partial charge in [-0.05, 0) is 48.1 Å². The molecule has 1 N–H and O–H groups in total. The zero-order chi connectivity index (χ0) is 18.9. The molecule has 0 aromatic heterocycles. The van der Waals surface area contributed by atoms with Gasteiger partial charge in [0.1, 0.15) is 11.5 Å². The minimum Gasteiger partial charge on any atom is -0.497 e. The molecule has 26 heavy (non-hydrogen) atoms. The Morgan fingerprint density at radius 2 is 1.77 bits per heavy atom. The molecule has 0 saturated heterocycles. The minimum atomic E-state index is -0.526. The van der Waals surface area contributed by atoms with E-state index in [1.807, 2.05) is 25.1 Å². The van der Waals surface area contributed by atoms with Crippen molar-refractivity contribution in [2.75, 3.05) is 7.11 Å². The number of carbonyl (C=O) groups excluding carboxylic acids is 1. The highest BCUT2D eigenvalue weighted by Gasteiger charge is 2.18. The molecule has 0 bridgehead atoms. The highest BCUT2D eigenvalue weighted by atomic mass is 16.5. The monoisotopic (exact) mass is 355 g/mol. The number of ether oxygens (including phenoxy) is 2. The standard InChI is InChI=1S/C22H29NO3/c1-5-16-11-12-17(6-2)18(13-16)15-23-22(24)21(7-3)26-20-10-8-9-19(14-20)25-4/h8-14,21H,5-7,15H2,1-4H3,(H,23,24). The second-order valence-corrected chi connectivity index (χ2v) is 6.22. The van der Waals surface area contributed by atoms with Gasteiger partial charge in [-0.25, -0.2) is 0 Å². The molecule has 0 aliphatic heterocycles. The van der Waals surface area contributed by atoms with Crippen LogP contribution in [0.15, 0.2) is 42.5 Å². The summed E-state index contributed by atoms with van der Waals surface area (Å²) < 4.78 is 11.1. The summed E-state index contributed by atoms with van der Waals surface area (Å²) in [6.07, 6.45) is 2.01. The van der Waals surface area contributed by atoms with Crippen LogP contribution >= 0.6 is 0 Å². The van der Waals surface area contributed by atoms with E-state index < -0.39 is 6.10 Å². The van der Waals surface area contributed by atoms with Crippen molar-refractivity contribution in [3.05, 3.63) is 59.2 Å². The maximum Gasteiger partial charge on any atom is 0.261 e. The van der Waals surface area contributed by atoms with E-state index in [1.165, 1.54) is 16.7 Å². The van der Waals surface area contributed by atoms with Crippen LogP contribution < -0.4 is 14.8 Å². The fourth-order valence-corrected chi connectivity index (χ4v) is 2.87. The van der Waals surface area contributed by atoms with Crippen molar-refractivity contribution in [2.45, 2.75) is 52.7 Å². The SMILES string of the molecule is CCc1ccc(CC)c(CNC(=O)C(CC)Oc2cccc(OC)c2)c1. The smallest absolute Gasteiger partial charge is 0.261 e. The van der Waals surface area contributed by atoms with Gasteiger partial charge < -0.3 is 14.8 Å². The lowest BCUT2D eigenvalue weighted by molar-refractivity contribution is -0.128. The van der Waals surface area contributed by atoms with Crippen molar-refractivity contribution in [3.63, 3.8) is 0 Å². The molecule has 0 spiro atoms. The highest BCUT2D eigenvalue weighted by molar-refractivity contribution is 5.81. The largest absolute Gasteiger partial charge is 0.497 e. The molecule has 1 atom stereocenters. The highest BCUT2D eigenvalue weighted by Crippen LogP contribution is 2.21. The van der Waals surface area contributed by atoms with Crippen molar-refractivity contribution >= 4 is 5.91 Å². The summed E-state index contributed by atoms with van der Waals surface area (Å²) in [7, 11) is 1.61. The maximum atomic E-state index is 12.6. The van der Waals surface area contributed by atoms with Crippen LogP contribution in [0.25, 0.3) is 0 Å². The predicted molar refractivity (Wildman–Crippen MR) is 105 cm³/mol. The van der Waals surface area contributed by atoms with Crippen molar-refractivity contribution in [1.82, 2.24) is 5.32 Å². The van der Waals surface area contributed by atoms with Gasteiger partial charge in [-0.2, -0.15) is 0 Å². The molecule has 0 heterocycles. The number of carbonyl (C=O) groups is 1. The Labute approximate surface area is 156 Å². The average Bonchev–Trinajstić information content (AvgIpc) is 2.69. The predicted octanol–water partition coefficient (Wildman–Crippen LogP) is 4.29. The average molecular weight is 355 g/mol. The molecule has 2 aromatic rings. The summed E-state index contributed by atoms with van der Waals surface area (Å²) in [6.45, 7) is 6.73. The van der Waals surface area contributed by atoms with Crippen molar-refractivity contribution in [1.29, 1.82) is 0 Å². The normalized spacial score (nSPS) is 11.7. The van der Waals surface area contributed by atoms with E-state index in [4.69, 9.17) is 9.47 Å². The lowest BCUT2D eigenvalue weighted by Gasteiger charge is -2.18. The van der Waals surface area contributed by atoms with E-state index in [2.05, 4.69) is 37.4 Å². The number of benzene rings is 2. The van der Waals surface area contributed by atoms with Gasteiger partial charge in [-0.1, -0.05) is 45.0 Å². The molecular formula is C22H29NO3. The summed E-state index contributed by atoms with van der Waals surface area (Å²) in [6, 6.07) is 13.8. The molecule has 0 aliphatic carbocycles. The molecule has 0 fully saturated rings. The molecule has 0 saturated carbocycles. The van der Waals surface area contributed by atoms with Crippen molar-refractivity contribution < 1.29 is 14.3 Å². The van der Waals surface area contributed by atoms with E-state index in [-0.39, 0.29) is 5.91 Å². The van der Waals surface area contributed by atoms with Crippen LogP contribution in [-0.4, -0.2) is 19.1 Å². The summed E-state index contributed by atoms with van der Waals surface area (Å²) in [5, 5.41) is 3.03. The van der Waals surface area contributed by atoms with Crippen LogP contribution in [-0.2, 0) is 24.2 Å². The first-order valence-electron chi connectivity index (χ1n) is 9.30. The molecule has 140 valence electrons. The molecule has 2 aromatic carbocycles. The van der Waals surface area contributed by atoms with Gasteiger partial charge in [-0.15, -0.1) is 0 Å². The van der Waals surface area contributed by atoms with Gasteiger partial charge in [0.25, 0.3) is 5.91 Å². The van der Waals surface area contributed by atoms with Crippen LogP contribution in [0, 0.1) is 0 Å².